The van der Waals surface area contributed by atoms with Gasteiger partial charge in [0, 0.05) is 24.2 Å². The zero-order valence-corrected chi connectivity index (χ0v) is 15.1. The molecule has 23 heavy (non-hydrogen) atoms. The van der Waals surface area contributed by atoms with Crippen molar-refractivity contribution in [3.8, 4) is 0 Å². The van der Waals surface area contributed by atoms with Crippen LogP contribution in [0.2, 0.25) is 0 Å². The van der Waals surface area contributed by atoms with Gasteiger partial charge in [-0.05, 0) is 30.4 Å². The van der Waals surface area contributed by atoms with Crippen LogP contribution >= 0.6 is 11.3 Å². The van der Waals surface area contributed by atoms with E-state index in [0.29, 0.717) is 16.7 Å². The summed E-state index contributed by atoms with van der Waals surface area (Å²) in [7, 11) is -3.16. The molecule has 128 valence electrons. The van der Waals surface area contributed by atoms with Crippen molar-refractivity contribution in [2.24, 2.45) is 11.8 Å². The van der Waals surface area contributed by atoms with Crippen LogP contribution in [0, 0.1) is 11.8 Å². The Hall–Kier alpha value is -1.08. The predicted octanol–water partition coefficient (Wildman–Crippen LogP) is 2.87. The lowest BCUT2D eigenvalue weighted by atomic mass is 9.90. The highest BCUT2D eigenvalue weighted by molar-refractivity contribution is 7.92. The Labute approximate surface area is 142 Å². The molecule has 2 heterocycles. The van der Waals surface area contributed by atoms with Crippen molar-refractivity contribution in [1.82, 2.24) is 10.2 Å². The first-order valence-electron chi connectivity index (χ1n) is 8.25. The third-order valence-corrected chi connectivity index (χ3v) is 7.90. The molecule has 1 saturated heterocycles. The number of hydrogen-bond donors (Lipinski definition) is 1. The van der Waals surface area contributed by atoms with E-state index in [-0.39, 0.29) is 6.03 Å². The highest BCUT2D eigenvalue weighted by atomic mass is 32.2. The summed E-state index contributed by atoms with van der Waals surface area (Å²) in [5.41, 5.74) is 0. The molecule has 2 aliphatic rings. The smallest absolute Gasteiger partial charge is 0.317 e. The van der Waals surface area contributed by atoms with Crippen LogP contribution < -0.4 is 5.32 Å². The normalized spacial score (nSPS) is 22.7. The standard InChI is InChI=1S/C16H24N2O3S2/c1-23(20,21)15-7-6-14(22-15)10-17-16(19)18-9-8-13(11-18)12-4-2-3-5-12/h6-7,12-13H,2-5,8-11H2,1H3,(H,17,19)/t13-/m0/s1. The lowest BCUT2D eigenvalue weighted by Gasteiger charge is -2.20. The van der Waals surface area contributed by atoms with E-state index in [0.717, 1.165) is 30.3 Å². The second-order valence-corrected chi connectivity index (χ2v) is 10.1. The molecule has 1 aromatic heterocycles. The number of thiophene rings is 1. The minimum absolute atomic E-state index is 0.0280. The zero-order chi connectivity index (χ0) is 16.4. The van der Waals surface area contributed by atoms with Gasteiger partial charge < -0.3 is 10.2 Å². The van der Waals surface area contributed by atoms with E-state index in [1.165, 1.54) is 43.3 Å². The average molecular weight is 357 g/mol. The minimum atomic E-state index is -3.16. The van der Waals surface area contributed by atoms with E-state index < -0.39 is 9.84 Å². The summed E-state index contributed by atoms with van der Waals surface area (Å²) in [6.07, 6.45) is 7.65. The lowest BCUT2D eigenvalue weighted by Crippen LogP contribution is -2.38. The molecule has 1 saturated carbocycles. The van der Waals surface area contributed by atoms with Gasteiger partial charge in [0.05, 0.1) is 6.54 Å². The van der Waals surface area contributed by atoms with Crippen LogP contribution in [0.4, 0.5) is 4.79 Å². The molecule has 1 N–H and O–H groups in total. The molecule has 1 atom stereocenters. The molecule has 3 rings (SSSR count). The number of hydrogen-bond acceptors (Lipinski definition) is 4. The lowest BCUT2D eigenvalue weighted by molar-refractivity contribution is 0.204. The molecule has 7 heteroatoms. The number of amides is 2. The summed E-state index contributed by atoms with van der Waals surface area (Å²) < 4.78 is 23.3. The number of likely N-dealkylation sites (tertiary alicyclic amines) is 1. The highest BCUT2D eigenvalue weighted by Crippen LogP contribution is 2.36. The zero-order valence-electron chi connectivity index (χ0n) is 13.5. The predicted molar refractivity (Wildman–Crippen MR) is 91.3 cm³/mol. The van der Waals surface area contributed by atoms with E-state index in [4.69, 9.17) is 0 Å². The first-order chi connectivity index (χ1) is 10.9. The van der Waals surface area contributed by atoms with Gasteiger partial charge in [-0.15, -0.1) is 11.3 Å². The van der Waals surface area contributed by atoms with E-state index in [1.54, 1.807) is 12.1 Å². The molecule has 0 radical (unpaired) electrons. The summed E-state index contributed by atoms with van der Waals surface area (Å²) in [6, 6.07) is 3.35. The topological polar surface area (TPSA) is 66.5 Å². The SMILES string of the molecule is CS(=O)(=O)c1ccc(CNC(=O)N2CC[C@H](C3CCCC3)C2)s1. The van der Waals surface area contributed by atoms with E-state index in [9.17, 15) is 13.2 Å². The summed E-state index contributed by atoms with van der Waals surface area (Å²) >= 11 is 1.22. The molecule has 1 aromatic rings. The van der Waals surface area contributed by atoms with Crippen molar-refractivity contribution in [3.63, 3.8) is 0 Å². The largest absolute Gasteiger partial charge is 0.333 e. The number of urea groups is 1. The Morgan fingerprint density at radius 2 is 2.00 bits per heavy atom. The molecule has 5 nitrogen and oxygen atoms in total. The Morgan fingerprint density at radius 3 is 2.65 bits per heavy atom. The summed E-state index contributed by atoms with van der Waals surface area (Å²) in [4.78, 5) is 15.1. The van der Waals surface area contributed by atoms with Crippen LogP contribution in [0.1, 0.15) is 37.0 Å². The van der Waals surface area contributed by atoms with Gasteiger partial charge in [-0.3, -0.25) is 0 Å². The number of carbonyl (C=O) groups is 1. The number of nitrogens with one attached hydrogen (secondary N) is 1. The number of sulfone groups is 1. The van der Waals surface area contributed by atoms with Crippen LogP contribution in [0.15, 0.2) is 16.3 Å². The fourth-order valence-corrected chi connectivity index (χ4v) is 5.63. The van der Waals surface area contributed by atoms with E-state index in [2.05, 4.69) is 5.32 Å². The van der Waals surface area contributed by atoms with Gasteiger partial charge in [-0.1, -0.05) is 25.7 Å². The maximum Gasteiger partial charge on any atom is 0.317 e. The van der Waals surface area contributed by atoms with Gasteiger partial charge in [0.1, 0.15) is 4.21 Å². The maximum absolute atomic E-state index is 12.3. The second-order valence-electron chi connectivity index (χ2n) is 6.69. The van der Waals surface area contributed by atoms with Crippen LogP contribution in [0.25, 0.3) is 0 Å². The molecule has 1 aliphatic carbocycles. The number of rotatable bonds is 4. The molecule has 0 aromatic carbocycles. The first kappa shape index (κ1) is 16.8. The maximum atomic E-state index is 12.3. The third kappa shape index (κ3) is 4.07. The Kier molecular flexibility index (Phi) is 4.96. The van der Waals surface area contributed by atoms with Gasteiger partial charge in [-0.25, -0.2) is 13.2 Å². The molecular weight excluding hydrogens is 332 g/mol. The van der Waals surface area contributed by atoms with E-state index >= 15 is 0 Å². The molecule has 2 fully saturated rings. The molecule has 0 unspecified atom stereocenters. The van der Waals surface area contributed by atoms with Crippen molar-refractivity contribution in [2.75, 3.05) is 19.3 Å². The van der Waals surface area contributed by atoms with Crippen LogP contribution in [0.3, 0.4) is 0 Å². The minimum Gasteiger partial charge on any atom is -0.333 e. The van der Waals surface area contributed by atoms with Gasteiger partial charge in [-0.2, -0.15) is 0 Å². The number of nitrogens with zero attached hydrogens (tertiary/aromatic N) is 1. The van der Waals surface area contributed by atoms with Crippen LogP contribution in [-0.2, 0) is 16.4 Å². The van der Waals surface area contributed by atoms with Crippen molar-refractivity contribution in [3.05, 3.63) is 17.0 Å². The fourth-order valence-electron chi connectivity index (χ4n) is 3.71. The molecular formula is C16H24N2O3S2. The monoisotopic (exact) mass is 356 g/mol. The van der Waals surface area contributed by atoms with Crippen molar-refractivity contribution in [2.45, 2.75) is 42.9 Å². The fraction of sp³-hybridized carbons (Fsp3) is 0.688. The van der Waals surface area contributed by atoms with Gasteiger partial charge in [0.2, 0.25) is 0 Å². The molecule has 2 amide bonds. The Morgan fingerprint density at radius 1 is 1.26 bits per heavy atom. The quantitative estimate of drug-likeness (QED) is 0.902. The van der Waals surface area contributed by atoms with Crippen LogP contribution in [0.5, 0.6) is 0 Å². The summed E-state index contributed by atoms with van der Waals surface area (Å²) in [5.74, 6) is 1.48. The van der Waals surface area contributed by atoms with Crippen LogP contribution in [-0.4, -0.2) is 38.7 Å². The summed E-state index contributed by atoms with van der Waals surface area (Å²) in [6.45, 7) is 2.10. The third-order valence-electron chi connectivity index (χ3n) is 4.99. The second kappa shape index (κ2) is 6.81. The van der Waals surface area contributed by atoms with E-state index in [1.807, 2.05) is 4.90 Å². The Bertz CT molecular complexity index is 663. The molecule has 0 spiro atoms. The van der Waals surface area contributed by atoms with Gasteiger partial charge >= 0.3 is 6.03 Å². The first-order valence-corrected chi connectivity index (χ1v) is 11.0. The average Bonchev–Trinajstić information content (AvgIpc) is 3.22. The van der Waals surface area contributed by atoms with Crippen molar-refractivity contribution < 1.29 is 13.2 Å². The number of carbonyl (C=O) groups excluding carboxylic acids is 1. The Balaban J connectivity index is 1.49. The van der Waals surface area contributed by atoms with Crippen molar-refractivity contribution in [1.29, 1.82) is 0 Å². The van der Waals surface area contributed by atoms with Gasteiger partial charge in [0.15, 0.2) is 9.84 Å². The molecule has 0 bridgehead atoms. The highest BCUT2D eigenvalue weighted by Gasteiger charge is 2.33. The molecule has 1 aliphatic heterocycles. The van der Waals surface area contributed by atoms with Gasteiger partial charge in [0.25, 0.3) is 0 Å². The van der Waals surface area contributed by atoms with Crippen molar-refractivity contribution >= 4 is 27.2 Å². The summed E-state index contributed by atoms with van der Waals surface area (Å²) in [5, 5.41) is 2.92.